The Morgan fingerprint density at radius 3 is 2.75 bits per heavy atom. The summed E-state index contributed by atoms with van der Waals surface area (Å²) in [7, 11) is 1.68. The molecule has 0 aliphatic carbocycles. The highest BCUT2D eigenvalue weighted by atomic mass is 14.8. The molecule has 0 rings (SSSR count). The van der Waals surface area contributed by atoms with Crippen LogP contribution in [0.4, 0.5) is 0 Å². The van der Waals surface area contributed by atoms with Crippen LogP contribution in [0.5, 0.6) is 0 Å². The van der Waals surface area contributed by atoms with Crippen molar-refractivity contribution >= 4 is 5.84 Å². The Bertz CT molecular complexity index is 103. The molecule has 0 unspecified atom stereocenters. The predicted octanol–water partition coefficient (Wildman–Crippen LogP) is 0.940. The highest BCUT2D eigenvalue weighted by Crippen LogP contribution is 1.77. The first-order valence-corrected chi connectivity index (χ1v) is 2.70. The first-order chi connectivity index (χ1) is 3.81. The molecule has 2 heteroatoms. The van der Waals surface area contributed by atoms with Crippen molar-refractivity contribution in [3.8, 4) is 0 Å². The summed E-state index contributed by atoms with van der Waals surface area (Å²) in [4.78, 5) is 3.73. The third kappa shape index (κ3) is 3.40. The number of nitrogens with zero attached hydrogens (tertiary/aromatic N) is 1. The molecule has 0 saturated carbocycles. The normalized spacial score (nSPS) is 13.0. The van der Waals surface area contributed by atoms with Crippen molar-refractivity contribution in [2.75, 3.05) is 7.05 Å². The number of aliphatic imine (C=N–C) groups is 1. The molecule has 0 atom stereocenters. The average molecular weight is 112 g/mol. The molecule has 2 N–H and O–H groups in total. The van der Waals surface area contributed by atoms with E-state index < -0.39 is 0 Å². The van der Waals surface area contributed by atoms with E-state index in [4.69, 9.17) is 5.73 Å². The molecular formula is C6H12N2. The molecule has 46 valence electrons. The van der Waals surface area contributed by atoms with Gasteiger partial charge in [0.25, 0.3) is 0 Å². The molecule has 0 spiro atoms. The largest absolute Gasteiger partial charge is 0.384 e. The smallest absolute Gasteiger partial charge is 0.117 e. The third-order valence-corrected chi connectivity index (χ3v) is 0.783. The number of allylic oxidation sites excluding steroid dienone is 1. The van der Waals surface area contributed by atoms with Crippen molar-refractivity contribution in [3.05, 3.63) is 12.2 Å². The monoisotopic (exact) mass is 112 g/mol. The van der Waals surface area contributed by atoms with Gasteiger partial charge in [-0.1, -0.05) is 13.0 Å². The molecular weight excluding hydrogens is 100 g/mol. The predicted molar refractivity (Wildman–Crippen MR) is 37.0 cm³/mol. The maximum atomic E-state index is 5.32. The lowest BCUT2D eigenvalue weighted by atomic mass is 10.4. The Balaban J connectivity index is 3.53. The summed E-state index contributed by atoms with van der Waals surface area (Å²) in [6, 6.07) is 0. The summed E-state index contributed by atoms with van der Waals surface area (Å²) < 4.78 is 0. The van der Waals surface area contributed by atoms with Gasteiger partial charge in [0.2, 0.25) is 0 Å². The van der Waals surface area contributed by atoms with E-state index in [2.05, 4.69) is 11.9 Å². The number of amidine groups is 1. The van der Waals surface area contributed by atoms with Crippen LogP contribution in [-0.2, 0) is 0 Å². The minimum Gasteiger partial charge on any atom is -0.384 e. The van der Waals surface area contributed by atoms with E-state index in [0.29, 0.717) is 5.84 Å². The zero-order valence-electron chi connectivity index (χ0n) is 5.39. The van der Waals surface area contributed by atoms with Crippen LogP contribution in [0.3, 0.4) is 0 Å². The lowest BCUT2D eigenvalue weighted by molar-refractivity contribution is 1.22. The second-order valence-electron chi connectivity index (χ2n) is 1.46. The van der Waals surface area contributed by atoms with Crippen molar-refractivity contribution in [2.24, 2.45) is 10.7 Å². The quantitative estimate of drug-likeness (QED) is 0.419. The highest BCUT2D eigenvalue weighted by molar-refractivity contribution is 5.91. The zero-order valence-corrected chi connectivity index (χ0v) is 5.39. The average Bonchev–Trinajstić information content (AvgIpc) is 1.83. The number of rotatable bonds is 2. The first kappa shape index (κ1) is 7.21. The van der Waals surface area contributed by atoms with Gasteiger partial charge in [0.05, 0.1) is 0 Å². The number of nitrogens with two attached hydrogens (primary N) is 1. The Morgan fingerprint density at radius 2 is 2.38 bits per heavy atom. The van der Waals surface area contributed by atoms with Gasteiger partial charge in [-0.2, -0.15) is 0 Å². The van der Waals surface area contributed by atoms with Gasteiger partial charge >= 0.3 is 0 Å². The molecule has 0 heterocycles. The van der Waals surface area contributed by atoms with Crippen LogP contribution in [-0.4, -0.2) is 12.9 Å². The Morgan fingerprint density at radius 1 is 1.75 bits per heavy atom. The van der Waals surface area contributed by atoms with Crippen molar-refractivity contribution in [3.63, 3.8) is 0 Å². The minimum absolute atomic E-state index is 0.590. The fraction of sp³-hybridized carbons (Fsp3) is 0.500. The Kier molecular flexibility index (Phi) is 3.94. The molecule has 0 aromatic carbocycles. The maximum Gasteiger partial charge on any atom is 0.117 e. The van der Waals surface area contributed by atoms with Crippen molar-refractivity contribution in [1.82, 2.24) is 0 Å². The van der Waals surface area contributed by atoms with Crippen LogP contribution >= 0.6 is 0 Å². The van der Waals surface area contributed by atoms with Crippen molar-refractivity contribution < 1.29 is 0 Å². The van der Waals surface area contributed by atoms with Gasteiger partial charge in [-0.15, -0.1) is 0 Å². The standard InChI is InChI=1S/C6H12N2/c1-3-4-5-6(7)8-2/h4-5H,3H2,1-2H3,(H2,7,8)/b5-4-. The summed E-state index contributed by atoms with van der Waals surface area (Å²) in [6.45, 7) is 2.06. The summed E-state index contributed by atoms with van der Waals surface area (Å²) in [5, 5.41) is 0. The molecule has 0 aromatic rings. The van der Waals surface area contributed by atoms with E-state index in [9.17, 15) is 0 Å². The molecule has 0 radical (unpaired) electrons. The van der Waals surface area contributed by atoms with Crippen molar-refractivity contribution in [2.45, 2.75) is 13.3 Å². The SMILES string of the molecule is CC/C=C\C(N)=NC. The molecule has 0 aliphatic rings. The molecule has 0 fully saturated rings. The molecule has 0 aliphatic heterocycles. The maximum absolute atomic E-state index is 5.32. The molecule has 0 saturated heterocycles. The molecule has 0 bridgehead atoms. The lowest BCUT2D eigenvalue weighted by Crippen LogP contribution is -2.06. The highest BCUT2D eigenvalue weighted by Gasteiger charge is 1.74. The zero-order chi connectivity index (χ0) is 6.41. The van der Waals surface area contributed by atoms with Crippen LogP contribution in [0, 0.1) is 0 Å². The van der Waals surface area contributed by atoms with Gasteiger partial charge < -0.3 is 5.73 Å². The summed E-state index contributed by atoms with van der Waals surface area (Å²) in [5.74, 6) is 0.590. The molecule has 8 heavy (non-hydrogen) atoms. The van der Waals surface area contributed by atoms with E-state index in [1.165, 1.54) is 0 Å². The summed E-state index contributed by atoms with van der Waals surface area (Å²) in [5.41, 5.74) is 5.32. The number of hydrogen-bond acceptors (Lipinski definition) is 1. The summed E-state index contributed by atoms with van der Waals surface area (Å²) >= 11 is 0. The first-order valence-electron chi connectivity index (χ1n) is 2.70. The second kappa shape index (κ2) is 4.37. The van der Waals surface area contributed by atoms with E-state index in [-0.39, 0.29) is 0 Å². The second-order valence-corrected chi connectivity index (χ2v) is 1.46. The molecule has 0 aromatic heterocycles. The Labute approximate surface area is 50.1 Å². The van der Waals surface area contributed by atoms with E-state index in [1.807, 2.05) is 6.08 Å². The van der Waals surface area contributed by atoms with Gasteiger partial charge in [-0.25, -0.2) is 0 Å². The molecule has 2 nitrogen and oxygen atoms in total. The topological polar surface area (TPSA) is 38.4 Å². The third-order valence-electron chi connectivity index (χ3n) is 0.783. The molecule has 0 amide bonds. The van der Waals surface area contributed by atoms with Gasteiger partial charge in [0, 0.05) is 7.05 Å². The summed E-state index contributed by atoms with van der Waals surface area (Å²) in [6.07, 6.45) is 4.79. The van der Waals surface area contributed by atoms with E-state index in [1.54, 1.807) is 13.1 Å². The van der Waals surface area contributed by atoms with E-state index >= 15 is 0 Å². The van der Waals surface area contributed by atoms with Crippen LogP contribution in [0.15, 0.2) is 17.1 Å². The van der Waals surface area contributed by atoms with Crippen molar-refractivity contribution in [1.29, 1.82) is 0 Å². The fourth-order valence-electron chi connectivity index (χ4n) is 0.313. The fourth-order valence-corrected chi connectivity index (χ4v) is 0.313. The minimum atomic E-state index is 0.590. The van der Waals surface area contributed by atoms with Crippen LogP contribution < -0.4 is 5.73 Å². The Hall–Kier alpha value is -0.790. The van der Waals surface area contributed by atoms with Crippen LogP contribution in [0.25, 0.3) is 0 Å². The van der Waals surface area contributed by atoms with Crippen LogP contribution in [0.2, 0.25) is 0 Å². The van der Waals surface area contributed by atoms with Crippen LogP contribution in [0.1, 0.15) is 13.3 Å². The van der Waals surface area contributed by atoms with E-state index in [0.717, 1.165) is 6.42 Å². The lowest BCUT2D eigenvalue weighted by Gasteiger charge is -1.84. The van der Waals surface area contributed by atoms with Gasteiger partial charge in [0.15, 0.2) is 0 Å². The number of hydrogen-bond donors (Lipinski definition) is 1. The van der Waals surface area contributed by atoms with Gasteiger partial charge in [-0.05, 0) is 12.5 Å². The van der Waals surface area contributed by atoms with Gasteiger partial charge in [-0.3, -0.25) is 4.99 Å². The van der Waals surface area contributed by atoms with Gasteiger partial charge in [0.1, 0.15) is 5.84 Å².